The molecule has 0 fully saturated rings. The smallest absolute Gasteiger partial charge is 0.320 e. The summed E-state index contributed by atoms with van der Waals surface area (Å²) in [6.07, 6.45) is 1.60. The molecule has 0 radical (unpaired) electrons. The monoisotopic (exact) mass is 485 g/mol. The van der Waals surface area contributed by atoms with Crippen LogP contribution in [0.5, 0.6) is 0 Å². The SMILES string of the molecule is C[C@@H](Sc1nnc(-c2ccc(Cl)cc2)n1Cc1ccco1)c1nc2ccccc2n1C(F)F. The van der Waals surface area contributed by atoms with Crippen molar-refractivity contribution in [2.45, 2.75) is 30.4 Å². The molecule has 0 saturated heterocycles. The van der Waals surface area contributed by atoms with Gasteiger partial charge in [-0.3, -0.25) is 9.13 Å². The Labute approximate surface area is 197 Å². The van der Waals surface area contributed by atoms with Gasteiger partial charge >= 0.3 is 6.55 Å². The molecule has 0 aliphatic rings. The third-order valence-corrected chi connectivity index (χ3v) is 6.51. The standard InChI is InChI=1S/C23H18ClF2N5OS/c1-14(20-27-18-6-2-3-7-19(18)31(20)22(25)26)33-23-29-28-21(15-8-10-16(24)11-9-15)30(23)13-17-5-4-12-32-17/h2-12,14,22H,13H2,1H3/t14-/m1/s1. The summed E-state index contributed by atoms with van der Waals surface area (Å²) < 4.78 is 36.3. The number of hydrogen-bond acceptors (Lipinski definition) is 5. The molecule has 5 aromatic rings. The number of thioether (sulfide) groups is 1. The van der Waals surface area contributed by atoms with E-state index in [9.17, 15) is 8.78 Å². The van der Waals surface area contributed by atoms with Gasteiger partial charge in [0, 0.05) is 10.6 Å². The van der Waals surface area contributed by atoms with Crippen molar-refractivity contribution in [1.29, 1.82) is 0 Å². The number of aromatic nitrogens is 5. The third kappa shape index (κ3) is 4.26. The predicted molar refractivity (Wildman–Crippen MR) is 124 cm³/mol. The van der Waals surface area contributed by atoms with E-state index < -0.39 is 11.8 Å². The van der Waals surface area contributed by atoms with Crippen molar-refractivity contribution < 1.29 is 13.2 Å². The van der Waals surface area contributed by atoms with Gasteiger partial charge in [0.15, 0.2) is 11.0 Å². The minimum atomic E-state index is -2.71. The maximum atomic E-state index is 13.9. The summed E-state index contributed by atoms with van der Waals surface area (Å²) in [6, 6.07) is 17.8. The van der Waals surface area contributed by atoms with Crippen molar-refractivity contribution in [3.63, 3.8) is 0 Å². The van der Waals surface area contributed by atoms with Crippen LogP contribution in [0.25, 0.3) is 22.4 Å². The number of hydrogen-bond donors (Lipinski definition) is 0. The van der Waals surface area contributed by atoms with Gasteiger partial charge in [-0.1, -0.05) is 35.5 Å². The zero-order valence-corrected chi connectivity index (χ0v) is 19.0. The largest absolute Gasteiger partial charge is 0.467 e. The zero-order chi connectivity index (χ0) is 22.9. The van der Waals surface area contributed by atoms with E-state index in [1.807, 2.05) is 35.8 Å². The van der Waals surface area contributed by atoms with E-state index in [4.69, 9.17) is 16.0 Å². The lowest BCUT2D eigenvalue weighted by atomic mass is 10.2. The maximum absolute atomic E-state index is 13.9. The number of nitrogens with zero attached hydrogens (tertiary/aromatic N) is 5. The molecule has 0 aliphatic heterocycles. The van der Waals surface area contributed by atoms with Gasteiger partial charge in [-0.15, -0.1) is 10.2 Å². The second-order valence-corrected chi connectivity index (χ2v) is 9.09. The molecule has 0 spiro atoms. The van der Waals surface area contributed by atoms with Gasteiger partial charge in [0.05, 0.1) is 29.1 Å². The van der Waals surface area contributed by atoms with E-state index in [2.05, 4.69) is 15.2 Å². The lowest BCUT2D eigenvalue weighted by Crippen LogP contribution is -2.08. The molecule has 168 valence electrons. The highest BCUT2D eigenvalue weighted by atomic mass is 35.5. The van der Waals surface area contributed by atoms with Crippen molar-refractivity contribution in [2.24, 2.45) is 0 Å². The first kappa shape index (κ1) is 21.7. The highest BCUT2D eigenvalue weighted by Gasteiger charge is 2.25. The van der Waals surface area contributed by atoms with Crippen LogP contribution in [0, 0.1) is 0 Å². The molecule has 10 heteroatoms. The number of rotatable bonds is 7. The number of halogens is 3. The Kier molecular flexibility index (Phi) is 5.90. The van der Waals surface area contributed by atoms with Crippen LogP contribution in [0.1, 0.15) is 30.3 Å². The summed E-state index contributed by atoms with van der Waals surface area (Å²) in [5, 5.41) is 9.51. The van der Waals surface area contributed by atoms with Gasteiger partial charge in [-0.2, -0.15) is 8.78 Å². The van der Waals surface area contributed by atoms with Crippen LogP contribution in [0.3, 0.4) is 0 Å². The molecule has 0 amide bonds. The highest BCUT2D eigenvalue weighted by Crippen LogP contribution is 2.38. The van der Waals surface area contributed by atoms with Crippen molar-refractivity contribution in [3.8, 4) is 11.4 Å². The molecule has 6 nitrogen and oxygen atoms in total. The Hall–Kier alpha value is -3.17. The molecule has 0 unspecified atom stereocenters. The first-order valence-corrected chi connectivity index (χ1v) is 11.4. The molecule has 3 heterocycles. The van der Waals surface area contributed by atoms with Crippen LogP contribution >= 0.6 is 23.4 Å². The number of furan rings is 1. The normalized spacial score (nSPS) is 12.6. The van der Waals surface area contributed by atoms with E-state index >= 15 is 0 Å². The summed E-state index contributed by atoms with van der Waals surface area (Å²) in [7, 11) is 0. The van der Waals surface area contributed by atoms with Crippen molar-refractivity contribution in [1.82, 2.24) is 24.3 Å². The second-order valence-electron chi connectivity index (χ2n) is 7.35. The number of fused-ring (bicyclic) bond motifs is 1. The fourth-order valence-corrected chi connectivity index (χ4v) is 4.74. The van der Waals surface area contributed by atoms with Gasteiger partial charge in [0.1, 0.15) is 11.6 Å². The van der Waals surface area contributed by atoms with Crippen molar-refractivity contribution >= 4 is 34.4 Å². The first-order chi connectivity index (χ1) is 16.0. The number of benzene rings is 2. The average molecular weight is 486 g/mol. The molecule has 3 aromatic heterocycles. The Morgan fingerprint density at radius 1 is 1.03 bits per heavy atom. The van der Waals surface area contributed by atoms with Crippen molar-refractivity contribution in [2.75, 3.05) is 0 Å². The van der Waals surface area contributed by atoms with Crippen LogP contribution in [-0.2, 0) is 6.54 Å². The molecular formula is C23H18ClF2N5OS. The summed E-state index contributed by atoms with van der Waals surface area (Å²) in [5.41, 5.74) is 1.76. The zero-order valence-electron chi connectivity index (χ0n) is 17.4. The fraction of sp³-hybridized carbons (Fsp3) is 0.174. The van der Waals surface area contributed by atoms with Crippen LogP contribution < -0.4 is 0 Å². The summed E-state index contributed by atoms with van der Waals surface area (Å²) >= 11 is 7.35. The molecule has 5 rings (SSSR count). The summed E-state index contributed by atoms with van der Waals surface area (Å²) in [4.78, 5) is 4.48. The predicted octanol–water partition coefficient (Wildman–Crippen LogP) is 6.84. The molecule has 1 atom stereocenters. The van der Waals surface area contributed by atoms with E-state index in [0.29, 0.717) is 33.6 Å². The molecule has 2 aromatic carbocycles. The molecule has 33 heavy (non-hydrogen) atoms. The minimum Gasteiger partial charge on any atom is -0.467 e. The van der Waals surface area contributed by atoms with Crippen LogP contribution in [-0.4, -0.2) is 24.3 Å². The maximum Gasteiger partial charge on any atom is 0.320 e. The molecule has 0 saturated carbocycles. The second kappa shape index (κ2) is 8.99. The Balaban J connectivity index is 1.54. The van der Waals surface area contributed by atoms with E-state index in [1.165, 1.54) is 11.8 Å². The quantitative estimate of drug-likeness (QED) is 0.236. The van der Waals surface area contributed by atoms with Gasteiger partial charge < -0.3 is 4.42 Å². The molecular weight excluding hydrogens is 468 g/mol. The van der Waals surface area contributed by atoms with Crippen molar-refractivity contribution in [3.05, 3.63) is 83.5 Å². The molecule has 0 aliphatic carbocycles. The average Bonchev–Trinajstić information content (AvgIpc) is 3.54. The number of para-hydroxylation sites is 2. The minimum absolute atomic E-state index is 0.275. The summed E-state index contributed by atoms with van der Waals surface area (Å²) in [6.45, 7) is -0.488. The third-order valence-electron chi connectivity index (χ3n) is 5.18. The number of alkyl halides is 2. The van der Waals surface area contributed by atoms with E-state index in [-0.39, 0.29) is 5.82 Å². The lowest BCUT2D eigenvalue weighted by molar-refractivity contribution is 0.0715. The summed E-state index contributed by atoms with van der Waals surface area (Å²) in [5.74, 6) is 1.62. The van der Waals surface area contributed by atoms with Crippen LogP contribution in [0.15, 0.2) is 76.5 Å². The Morgan fingerprint density at radius 3 is 2.55 bits per heavy atom. The van der Waals surface area contributed by atoms with Crippen LogP contribution in [0.2, 0.25) is 5.02 Å². The first-order valence-electron chi connectivity index (χ1n) is 10.1. The number of imidazole rings is 1. The lowest BCUT2D eigenvalue weighted by Gasteiger charge is -2.14. The van der Waals surface area contributed by atoms with Gasteiger partial charge in [-0.25, -0.2) is 4.98 Å². The van der Waals surface area contributed by atoms with Crippen LogP contribution in [0.4, 0.5) is 8.78 Å². The van der Waals surface area contributed by atoms with Gasteiger partial charge in [0.25, 0.3) is 0 Å². The topological polar surface area (TPSA) is 61.7 Å². The highest BCUT2D eigenvalue weighted by molar-refractivity contribution is 7.99. The van der Waals surface area contributed by atoms with E-state index in [1.54, 1.807) is 42.7 Å². The van der Waals surface area contributed by atoms with Gasteiger partial charge in [-0.05, 0) is 55.5 Å². The van der Waals surface area contributed by atoms with Gasteiger partial charge in [0.2, 0.25) is 0 Å². The molecule has 0 bridgehead atoms. The Morgan fingerprint density at radius 2 is 1.82 bits per heavy atom. The van der Waals surface area contributed by atoms with E-state index in [0.717, 1.165) is 15.9 Å². The molecule has 0 N–H and O–H groups in total. The fourth-order valence-electron chi connectivity index (χ4n) is 3.66. The Bertz CT molecular complexity index is 1380.